The molecule has 84 valence electrons. The predicted octanol–water partition coefficient (Wildman–Crippen LogP) is 2.27. The molecular formula is C12H15N3S. The minimum absolute atomic E-state index is 0.292. The van der Waals surface area contributed by atoms with E-state index in [2.05, 4.69) is 34.3 Å². The second kappa shape index (κ2) is 4.03. The molecule has 3 heterocycles. The molecule has 2 aromatic heterocycles. The number of aromatic nitrogens is 2. The number of rotatable bonds is 2. The predicted molar refractivity (Wildman–Crippen MR) is 65.8 cm³/mol. The van der Waals surface area contributed by atoms with Crippen molar-refractivity contribution in [3.63, 3.8) is 0 Å². The third-order valence-corrected chi connectivity index (χ3v) is 4.36. The van der Waals surface area contributed by atoms with Gasteiger partial charge in [-0.15, -0.1) is 11.3 Å². The zero-order valence-corrected chi connectivity index (χ0v) is 10.1. The van der Waals surface area contributed by atoms with E-state index in [4.69, 9.17) is 0 Å². The van der Waals surface area contributed by atoms with E-state index in [0.29, 0.717) is 6.04 Å². The van der Waals surface area contributed by atoms with Crippen LogP contribution in [0.5, 0.6) is 0 Å². The fraction of sp³-hybridized carbons (Fsp3) is 0.417. The largest absolute Gasteiger partial charge is 0.348 e. The third-order valence-electron chi connectivity index (χ3n) is 3.06. The smallest absolute Gasteiger partial charge is 0.0926 e. The molecule has 1 atom stereocenters. The van der Waals surface area contributed by atoms with Crippen LogP contribution in [0.1, 0.15) is 34.1 Å². The number of fused-ring (bicyclic) bond motifs is 1. The first kappa shape index (κ1) is 10.1. The average molecular weight is 233 g/mol. The number of nitrogens with one attached hydrogen (secondary N) is 2. The van der Waals surface area contributed by atoms with Gasteiger partial charge >= 0.3 is 0 Å². The Kier molecular flexibility index (Phi) is 2.53. The lowest BCUT2D eigenvalue weighted by molar-refractivity contribution is 0.560. The molecule has 0 fully saturated rings. The Labute approximate surface area is 98.9 Å². The van der Waals surface area contributed by atoms with Crippen molar-refractivity contribution in [3.05, 3.63) is 39.6 Å². The lowest BCUT2D eigenvalue weighted by Crippen LogP contribution is -2.30. The summed E-state index contributed by atoms with van der Waals surface area (Å²) in [7, 11) is 0. The van der Waals surface area contributed by atoms with Crippen LogP contribution in [0.4, 0.5) is 0 Å². The molecule has 1 aliphatic rings. The summed E-state index contributed by atoms with van der Waals surface area (Å²) in [6.45, 7) is 3.23. The van der Waals surface area contributed by atoms with Crippen LogP contribution in [0.2, 0.25) is 0 Å². The first-order valence-electron chi connectivity index (χ1n) is 5.72. The van der Waals surface area contributed by atoms with Crippen LogP contribution in [0.3, 0.4) is 0 Å². The van der Waals surface area contributed by atoms with Crippen LogP contribution >= 0.6 is 11.3 Å². The second-order valence-electron chi connectivity index (χ2n) is 4.06. The summed E-state index contributed by atoms with van der Waals surface area (Å²) in [6, 6.07) is 4.74. The second-order valence-corrected chi connectivity index (χ2v) is 5.26. The summed E-state index contributed by atoms with van der Waals surface area (Å²) in [5.74, 6) is 0. The number of nitrogens with zero attached hydrogens (tertiary/aromatic N) is 1. The lowest BCUT2D eigenvalue weighted by atomic mass is 10.0. The lowest BCUT2D eigenvalue weighted by Gasteiger charge is -2.21. The van der Waals surface area contributed by atoms with E-state index < -0.39 is 0 Å². The molecule has 0 amide bonds. The van der Waals surface area contributed by atoms with Crippen molar-refractivity contribution in [1.82, 2.24) is 15.3 Å². The molecule has 1 aliphatic heterocycles. The Hall–Kier alpha value is -1.13. The number of hydrogen-bond donors (Lipinski definition) is 2. The third kappa shape index (κ3) is 1.58. The van der Waals surface area contributed by atoms with E-state index in [0.717, 1.165) is 19.4 Å². The molecule has 2 aromatic rings. The van der Waals surface area contributed by atoms with E-state index in [-0.39, 0.29) is 0 Å². The van der Waals surface area contributed by atoms with Crippen molar-refractivity contribution in [3.8, 4) is 0 Å². The van der Waals surface area contributed by atoms with Crippen molar-refractivity contribution in [1.29, 1.82) is 0 Å². The summed E-state index contributed by atoms with van der Waals surface area (Å²) >= 11 is 1.89. The Morgan fingerprint density at radius 3 is 3.25 bits per heavy atom. The highest BCUT2D eigenvalue weighted by Crippen LogP contribution is 2.31. The Morgan fingerprint density at radius 2 is 2.44 bits per heavy atom. The molecule has 0 saturated heterocycles. The number of aromatic amines is 1. The van der Waals surface area contributed by atoms with Gasteiger partial charge in [-0.3, -0.25) is 0 Å². The minimum atomic E-state index is 0.292. The molecule has 0 radical (unpaired) electrons. The number of hydrogen-bond acceptors (Lipinski definition) is 3. The van der Waals surface area contributed by atoms with Gasteiger partial charge in [0.05, 0.1) is 18.1 Å². The molecule has 2 N–H and O–H groups in total. The van der Waals surface area contributed by atoms with Crippen LogP contribution in [0.25, 0.3) is 0 Å². The average Bonchev–Trinajstić information content (AvgIpc) is 2.97. The summed E-state index contributed by atoms with van der Waals surface area (Å²) in [5.41, 5.74) is 2.46. The number of H-pyrrole nitrogens is 1. The van der Waals surface area contributed by atoms with Gasteiger partial charge in [0.1, 0.15) is 0 Å². The van der Waals surface area contributed by atoms with Crippen LogP contribution in [-0.2, 0) is 12.8 Å². The molecule has 0 aliphatic carbocycles. The van der Waals surface area contributed by atoms with Crippen molar-refractivity contribution < 1.29 is 0 Å². The Bertz CT molecular complexity index is 486. The van der Waals surface area contributed by atoms with E-state index >= 15 is 0 Å². The topological polar surface area (TPSA) is 40.7 Å². The standard InChI is InChI=1S/C12H15N3S/c1-2-8-3-4-10(16-8)12-11-9(5-6-13-12)14-7-15-11/h3-4,7,12-13H,2,5-6H2,1H3,(H,14,15). The maximum absolute atomic E-state index is 4.44. The first-order valence-corrected chi connectivity index (χ1v) is 6.54. The van der Waals surface area contributed by atoms with Gasteiger partial charge in [0.25, 0.3) is 0 Å². The quantitative estimate of drug-likeness (QED) is 0.835. The van der Waals surface area contributed by atoms with Gasteiger partial charge < -0.3 is 10.3 Å². The molecule has 0 saturated carbocycles. The van der Waals surface area contributed by atoms with Crippen LogP contribution < -0.4 is 5.32 Å². The van der Waals surface area contributed by atoms with E-state index in [1.807, 2.05) is 11.3 Å². The van der Waals surface area contributed by atoms with Crippen LogP contribution in [0, 0.1) is 0 Å². The number of aryl methyl sites for hydroxylation is 1. The van der Waals surface area contributed by atoms with Crippen molar-refractivity contribution in [2.45, 2.75) is 25.8 Å². The molecule has 0 bridgehead atoms. The van der Waals surface area contributed by atoms with Gasteiger partial charge in [0.2, 0.25) is 0 Å². The number of thiophene rings is 1. The molecule has 4 heteroatoms. The first-order chi connectivity index (χ1) is 7.88. The summed E-state index contributed by atoms with van der Waals surface area (Å²) in [5, 5.41) is 3.54. The molecule has 1 unspecified atom stereocenters. The van der Waals surface area contributed by atoms with Crippen LogP contribution in [0.15, 0.2) is 18.5 Å². The summed E-state index contributed by atoms with van der Waals surface area (Å²) in [4.78, 5) is 10.5. The molecule has 3 nitrogen and oxygen atoms in total. The monoisotopic (exact) mass is 233 g/mol. The van der Waals surface area contributed by atoms with Crippen molar-refractivity contribution in [2.75, 3.05) is 6.54 Å². The zero-order valence-electron chi connectivity index (χ0n) is 9.29. The fourth-order valence-electron chi connectivity index (χ4n) is 2.19. The summed E-state index contributed by atoms with van der Waals surface area (Å²) in [6.07, 6.45) is 3.97. The fourth-order valence-corrected chi connectivity index (χ4v) is 3.23. The minimum Gasteiger partial charge on any atom is -0.348 e. The zero-order chi connectivity index (χ0) is 11.0. The van der Waals surface area contributed by atoms with Gasteiger partial charge in [-0.05, 0) is 18.6 Å². The SMILES string of the molecule is CCc1ccc(C2NCCc3[nH]cnc32)s1. The molecule has 16 heavy (non-hydrogen) atoms. The van der Waals surface area contributed by atoms with Gasteiger partial charge in [0, 0.05) is 28.4 Å². The van der Waals surface area contributed by atoms with E-state index in [1.165, 1.54) is 21.1 Å². The highest BCUT2D eigenvalue weighted by atomic mass is 32.1. The maximum atomic E-state index is 4.44. The van der Waals surface area contributed by atoms with Gasteiger partial charge in [0.15, 0.2) is 0 Å². The Balaban J connectivity index is 1.97. The van der Waals surface area contributed by atoms with Crippen LogP contribution in [-0.4, -0.2) is 16.5 Å². The van der Waals surface area contributed by atoms with E-state index in [9.17, 15) is 0 Å². The molecule has 3 rings (SSSR count). The van der Waals surface area contributed by atoms with Gasteiger partial charge in [-0.1, -0.05) is 6.92 Å². The normalized spacial score (nSPS) is 19.7. The van der Waals surface area contributed by atoms with E-state index in [1.54, 1.807) is 6.33 Å². The highest BCUT2D eigenvalue weighted by molar-refractivity contribution is 7.12. The number of imidazole rings is 1. The van der Waals surface area contributed by atoms with Gasteiger partial charge in [-0.2, -0.15) is 0 Å². The Morgan fingerprint density at radius 1 is 1.50 bits per heavy atom. The van der Waals surface area contributed by atoms with Crippen molar-refractivity contribution >= 4 is 11.3 Å². The van der Waals surface area contributed by atoms with Crippen molar-refractivity contribution in [2.24, 2.45) is 0 Å². The molecular weight excluding hydrogens is 218 g/mol. The highest BCUT2D eigenvalue weighted by Gasteiger charge is 2.24. The molecule has 0 spiro atoms. The maximum Gasteiger partial charge on any atom is 0.0926 e. The molecule has 0 aromatic carbocycles. The van der Waals surface area contributed by atoms with Gasteiger partial charge in [-0.25, -0.2) is 4.98 Å². The summed E-state index contributed by atoms with van der Waals surface area (Å²) < 4.78 is 0.